The van der Waals surface area contributed by atoms with Crippen molar-refractivity contribution in [2.45, 2.75) is 13.8 Å². The smallest absolute Gasteiger partial charge is 0.393 e. The minimum atomic E-state index is -4.67. The highest BCUT2D eigenvalue weighted by atomic mass is 32.3. The summed E-state index contributed by atoms with van der Waals surface area (Å²) in [5, 5.41) is 3.09. The quantitative estimate of drug-likeness (QED) is 0.428. The van der Waals surface area contributed by atoms with Crippen molar-refractivity contribution in [3.8, 4) is 0 Å². The van der Waals surface area contributed by atoms with Crippen molar-refractivity contribution in [1.29, 1.82) is 0 Å². The van der Waals surface area contributed by atoms with Gasteiger partial charge < -0.3 is 22.5 Å². The number of aromatic nitrogens is 2. The van der Waals surface area contributed by atoms with Crippen LogP contribution in [0.15, 0.2) is 18.2 Å². The lowest BCUT2D eigenvalue weighted by Gasteiger charge is -2.11. The third-order valence-corrected chi connectivity index (χ3v) is 2.76. The SMILES string of the molecule is Cc1ccc(Nc2nc(N)nc(N)c2N)cc1C.O=S(=O)(O)O. The first-order chi connectivity index (χ1) is 10.5. The Morgan fingerprint density at radius 2 is 1.61 bits per heavy atom. The molecule has 11 heteroatoms. The Morgan fingerprint density at radius 3 is 2.13 bits per heavy atom. The molecule has 1 aromatic carbocycles. The fraction of sp³-hybridized carbons (Fsp3) is 0.167. The summed E-state index contributed by atoms with van der Waals surface area (Å²) in [5.41, 5.74) is 20.5. The van der Waals surface area contributed by atoms with E-state index in [2.05, 4.69) is 15.3 Å². The molecule has 0 aliphatic rings. The van der Waals surface area contributed by atoms with Crippen LogP contribution in [0.4, 0.5) is 29.0 Å². The first kappa shape index (κ1) is 18.4. The zero-order valence-corrected chi connectivity index (χ0v) is 13.3. The molecule has 0 saturated heterocycles. The summed E-state index contributed by atoms with van der Waals surface area (Å²) in [6.45, 7) is 4.08. The average molecular weight is 342 g/mol. The topological polar surface area (TPSA) is 190 Å². The highest BCUT2D eigenvalue weighted by molar-refractivity contribution is 7.79. The van der Waals surface area contributed by atoms with Crippen LogP contribution >= 0.6 is 0 Å². The van der Waals surface area contributed by atoms with Crippen LogP contribution < -0.4 is 22.5 Å². The molecule has 9 N–H and O–H groups in total. The predicted molar refractivity (Wildman–Crippen MR) is 88.6 cm³/mol. The van der Waals surface area contributed by atoms with Crippen molar-refractivity contribution < 1.29 is 17.5 Å². The third-order valence-electron chi connectivity index (χ3n) is 2.76. The van der Waals surface area contributed by atoms with Crippen LogP contribution in [-0.2, 0) is 10.4 Å². The molecule has 0 fully saturated rings. The number of rotatable bonds is 2. The summed E-state index contributed by atoms with van der Waals surface area (Å²) < 4.78 is 31.6. The molecule has 126 valence electrons. The second-order valence-corrected chi connectivity index (χ2v) is 5.50. The van der Waals surface area contributed by atoms with Crippen LogP contribution in [0.1, 0.15) is 11.1 Å². The van der Waals surface area contributed by atoms with Crippen molar-refractivity contribution >= 4 is 39.4 Å². The summed E-state index contributed by atoms with van der Waals surface area (Å²) in [7, 11) is -4.67. The molecule has 0 aliphatic carbocycles. The first-order valence-corrected chi connectivity index (χ1v) is 7.59. The lowest BCUT2D eigenvalue weighted by atomic mass is 10.1. The number of nitrogens with zero attached hydrogens (tertiary/aromatic N) is 2. The lowest BCUT2D eigenvalue weighted by molar-refractivity contribution is 0.381. The third kappa shape index (κ3) is 6.34. The molecule has 0 saturated carbocycles. The van der Waals surface area contributed by atoms with E-state index >= 15 is 0 Å². The van der Waals surface area contributed by atoms with Gasteiger partial charge in [-0.2, -0.15) is 18.4 Å². The summed E-state index contributed by atoms with van der Waals surface area (Å²) in [4.78, 5) is 7.82. The second kappa shape index (κ2) is 7.09. The monoisotopic (exact) mass is 342 g/mol. The van der Waals surface area contributed by atoms with Gasteiger partial charge >= 0.3 is 10.4 Å². The van der Waals surface area contributed by atoms with E-state index in [1.165, 1.54) is 11.1 Å². The molecule has 1 aromatic heterocycles. The Bertz CT molecular complexity index is 801. The highest BCUT2D eigenvalue weighted by Gasteiger charge is 2.08. The molecule has 0 spiro atoms. The number of hydrogen-bond donors (Lipinski definition) is 6. The number of hydrogen-bond acceptors (Lipinski definition) is 8. The minimum absolute atomic E-state index is 0.0908. The maximum Gasteiger partial charge on any atom is 0.394 e. The van der Waals surface area contributed by atoms with Crippen LogP contribution in [0.3, 0.4) is 0 Å². The van der Waals surface area contributed by atoms with Gasteiger partial charge in [0.15, 0.2) is 11.6 Å². The number of nitrogens with one attached hydrogen (secondary N) is 1. The molecular formula is C12H18N6O4S. The number of aryl methyl sites for hydroxylation is 2. The summed E-state index contributed by atoms with van der Waals surface area (Å²) in [5.74, 6) is 0.685. The molecule has 0 unspecified atom stereocenters. The molecule has 10 nitrogen and oxygen atoms in total. The molecule has 23 heavy (non-hydrogen) atoms. The van der Waals surface area contributed by atoms with Gasteiger partial charge in [-0.1, -0.05) is 6.07 Å². The molecule has 2 rings (SSSR count). The number of benzene rings is 1. The molecule has 0 radical (unpaired) electrons. The predicted octanol–water partition coefficient (Wildman–Crippen LogP) is 0.931. The molecule has 1 heterocycles. The van der Waals surface area contributed by atoms with Gasteiger partial charge in [-0.25, -0.2) is 0 Å². The Balaban J connectivity index is 0.000000463. The standard InChI is InChI=1S/C12H16N6.H2O4S/c1-6-3-4-8(5-7(6)2)16-11-9(13)10(14)17-12(15)18-11;1-5(2,3)4/h3-5H,13H2,1-2H3,(H5,14,15,16,17,18);(H2,1,2,3,4). The second-order valence-electron chi connectivity index (χ2n) is 4.60. The maximum absolute atomic E-state index is 8.74. The number of nitrogens with two attached hydrogens (primary N) is 3. The Morgan fingerprint density at radius 1 is 1.04 bits per heavy atom. The molecule has 0 aliphatic heterocycles. The van der Waals surface area contributed by atoms with E-state index in [9.17, 15) is 0 Å². The van der Waals surface area contributed by atoms with Crippen molar-refractivity contribution in [3.05, 3.63) is 29.3 Å². The van der Waals surface area contributed by atoms with E-state index in [1.807, 2.05) is 32.0 Å². The zero-order valence-electron chi connectivity index (χ0n) is 12.5. The van der Waals surface area contributed by atoms with Crippen LogP contribution in [0.5, 0.6) is 0 Å². The Hall–Kier alpha value is -2.63. The summed E-state index contributed by atoms with van der Waals surface area (Å²) in [6, 6.07) is 5.96. The number of anilines is 5. The highest BCUT2D eigenvalue weighted by Crippen LogP contribution is 2.26. The summed E-state index contributed by atoms with van der Waals surface area (Å²) in [6.07, 6.45) is 0. The van der Waals surface area contributed by atoms with Gasteiger partial charge in [0.05, 0.1) is 0 Å². The van der Waals surface area contributed by atoms with Crippen LogP contribution in [0.2, 0.25) is 0 Å². The van der Waals surface area contributed by atoms with Crippen molar-refractivity contribution in [1.82, 2.24) is 9.97 Å². The normalized spacial score (nSPS) is 10.6. The van der Waals surface area contributed by atoms with E-state index < -0.39 is 10.4 Å². The van der Waals surface area contributed by atoms with Gasteiger partial charge in [0.1, 0.15) is 5.69 Å². The van der Waals surface area contributed by atoms with Gasteiger partial charge in [-0.3, -0.25) is 9.11 Å². The molecule has 0 bridgehead atoms. The molecular weight excluding hydrogens is 324 g/mol. The van der Waals surface area contributed by atoms with E-state index in [1.54, 1.807) is 0 Å². The fourth-order valence-corrected chi connectivity index (χ4v) is 1.56. The van der Waals surface area contributed by atoms with Crippen LogP contribution in [-0.4, -0.2) is 27.5 Å². The van der Waals surface area contributed by atoms with Crippen LogP contribution in [0, 0.1) is 13.8 Å². The van der Waals surface area contributed by atoms with E-state index in [0.717, 1.165) is 5.69 Å². The van der Waals surface area contributed by atoms with E-state index in [0.29, 0.717) is 11.5 Å². The van der Waals surface area contributed by atoms with Gasteiger partial charge in [-0.15, -0.1) is 0 Å². The Kier molecular flexibility index (Phi) is 5.68. The number of nitrogen functional groups attached to an aromatic ring is 3. The van der Waals surface area contributed by atoms with E-state index in [4.69, 9.17) is 34.7 Å². The van der Waals surface area contributed by atoms with E-state index in [-0.39, 0.29) is 11.8 Å². The largest absolute Gasteiger partial charge is 0.394 e. The lowest BCUT2D eigenvalue weighted by Crippen LogP contribution is -2.08. The van der Waals surface area contributed by atoms with Crippen molar-refractivity contribution in [2.24, 2.45) is 0 Å². The van der Waals surface area contributed by atoms with Gasteiger partial charge in [0, 0.05) is 5.69 Å². The molecule has 0 amide bonds. The first-order valence-electron chi connectivity index (χ1n) is 6.20. The van der Waals surface area contributed by atoms with Gasteiger partial charge in [0.25, 0.3) is 0 Å². The Labute approximate surface area is 133 Å². The maximum atomic E-state index is 8.74. The van der Waals surface area contributed by atoms with Gasteiger partial charge in [-0.05, 0) is 37.1 Å². The van der Waals surface area contributed by atoms with Crippen LogP contribution in [0.25, 0.3) is 0 Å². The van der Waals surface area contributed by atoms with Gasteiger partial charge in [0.2, 0.25) is 5.95 Å². The fourth-order valence-electron chi connectivity index (χ4n) is 1.56. The molecule has 0 atom stereocenters. The summed E-state index contributed by atoms with van der Waals surface area (Å²) >= 11 is 0. The molecule has 2 aromatic rings. The zero-order chi connectivity index (χ0) is 17.8. The average Bonchev–Trinajstić information content (AvgIpc) is 2.38. The van der Waals surface area contributed by atoms with Crippen molar-refractivity contribution in [2.75, 3.05) is 22.5 Å². The van der Waals surface area contributed by atoms with Crippen molar-refractivity contribution in [3.63, 3.8) is 0 Å². The minimum Gasteiger partial charge on any atom is -0.393 e.